The predicted molar refractivity (Wildman–Crippen MR) is 53.1 cm³/mol. The van der Waals surface area contributed by atoms with Crippen molar-refractivity contribution in [1.82, 2.24) is 0 Å². The number of benzene rings is 1. The molecule has 1 aromatic rings. The molecule has 0 amide bonds. The minimum Gasteiger partial charge on any atom is -0.491 e. The lowest BCUT2D eigenvalue weighted by atomic mass is 10.2. The average molecular weight is 180 g/mol. The van der Waals surface area contributed by atoms with E-state index in [2.05, 4.69) is 0 Å². The van der Waals surface area contributed by atoms with Gasteiger partial charge in [0.05, 0.1) is 6.10 Å². The molecule has 0 spiro atoms. The lowest BCUT2D eigenvalue weighted by Crippen LogP contribution is -2.15. The maximum atomic E-state index is 5.51. The third kappa shape index (κ3) is 3.47. The Morgan fingerprint density at radius 3 is 2.77 bits per heavy atom. The van der Waals surface area contributed by atoms with Gasteiger partial charge in [0.25, 0.3) is 0 Å². The van der Waals surface area contributed by atoms with E-state index in [4.69, 9.17) is 9.47 Å². The van der Waals surface area contributed by atoms with Crippen LogP contribution in [-0.4, -0.2) is 19.8 Å². The number of aryl methyl sites for hydroxylation is 1. The maximum absolute atomic E-state index is 5.51. The maximum Gasteiger partial charge on any atom is 0.119 e. The molecule has 72 valence electrons. The molecule has 0 bridgehead atoms. The molecule has 0 aliphatic rings. The Morgan fingerprint density at radius 2 is 2.15 bits per heavy atom. The second-order valence-corrected chi connectivity index (χ2v) is 3.17. The van der Waals surface area contributed by atoms with Crippen molar-refractivity contribution >= 4 is 0 Å². The zero-order valence-corrected chi connectivity index (χ0v) is 8.41. The molecular formula is C11H16O2. The molecule has 0 aliphatic carbocycles. The average Bonchev–Trinajstić information content (AvgIpc) is 2.14. The summed E-state index contributed by atoms with van der Waals surface area (Å²) in [6.45, 7) is 4.63. The summed E-state index contributed by atoms with van der Waals surface area (Å²) in [6.07, 6.45) is 0.139. The Morgan fingerprint density at radius 1 is 1.38 bits per heavy atom. The molecule has 0 saturated heterocycles. The predicted octanol–water partition coefficient (Wildman–Crippen LogP) is 2.41. The third-order valence-corrected chi connectivity index (χ3v) is 1.88. The highest BCUT2D eigenvalue weighted by atomic mass is 16.5. The van der Waals surface area contributed by atoms with Gasteiger partial charge in [0, 0.05) is 7.11 Å². The van der Waals surface area contributed by atoms with Crippen LogP contribution >= 0.6 is 0 Å². The number of hydrogen-bond acceptors (Lipinski definition) is 2. The van der Waals surface area contributed by atoms with Gasteiger partial charge in [-0.15, -0.1) is 0 Å². The topological polar surface area (TPSA) is 18.5 Å². The summed E-state index contributed by atoms with van der Waals surface area (Å²) in [4.78, 5) is 0. The molecule has 1 atom stereocenters. The summed E-state index contributed by atoms with van der Waals surface area (Å²) in [5, 5.41) is 0. The fourth-order valence-corrected chi connectivity index (χ4v) is 0.987. The SMILES string of the molecule is CO[C@@H](C)COc1cccc(C)c1. The van der Waals surface area contributed by atoms with Crippen LogP contribution in [0.2, 0.25) is 0 Å². The van der Waals surface area contributed by atoms with Gasteiger partial charge in [-0.25, -0.2) is 0 Å². The number of rotatable bonds is 4. The van der Waals surface area contributed by atoms with Crippen molar-refractivity contribution in [1.29, 1.82) is 0 Å². The smallest absolute Gasteiger partial charge is 0.119 e. The summed E-state index contributed by atoms with van der Waals surface area (Å²) in [5.74, 6) is 0.906. The number of methoxy groups -OCH3 is 1. The van der Waals surface area contributed by atoms with Gasteiger partial charge in [-0.05, 0) is 31.5 Å². The van der Waals surface area contributed by atoms with Gasteiger partial charge < -0.3 is 9.47 Å². The molecule has 0 saturated carbocycles. The van der Waals surface area contributed by atoms with Gasteiger partial charge in [-0.2, -0.15) is 0 Å². The van der Waals surface area contributed by atoms with Crippen molar-refractivity contribution in [3.05, 3.63) is 29.8 Å². The third-order valence-electron chi connectivity index (χ3n) is 1.88. The van der Waals surface area contributed by atoms with Crippen molar-refractivity contribution in [3.63, 3.8) is 0 Å². The van der Waals surface area contributed by atoms with E-state index in [1.54, 1.807) is 7.11 Å². The van der Waals surface area contributed by atoms with Gasteiger partial charge in [0.15, 0.2) is 0 Å². The van der Waals surface area contributed by atoms with Crippen LogP contribution in [0.5, 0.6) is 5.75 Å². The number of ether oxygens (including phenoxy) is 2. The summed E-state index contributed by atoms with van der Waals surface area (Å²) < 4.78 is 10.6. The molecule has 2 heteroatoms. The zero-order valence-electron chi connectivity index (χ0n) is 8.41. The van der Waals surface area contributed by atoms with E-state index in [0.29, 0.717) is 6.61 Å². The minimum absolute atomic E-state index is 0.139. The standard InChI is InChI=1S/C11H16O2/c1-9-5-4-6-11(7-9)13-8-10(2)12-3/h4-7,10H,8H2,1-3H3/t10-/m0/s1. The quantitative estimate of drug-likeness (QED) is 0.708. The minimum atomic E-state index is 0.139. The van der Waals surface area contributed by atoms with Crippen molar-refractivity contribution in [2.75, 3.05) is 13.7 Å². The molecule has 0 radical (unpaired) electrons. The molecule has 0 N–H and O–H groups in total. The van der Waals surface area contributed by atoms with Crippen LogP contribution in [0.1, 0.15) is 12.5 Å². The molecule has 0 heterocycles. The van der Waals surface area contributed by atoms with Gasteiger partial charge in [-0.3, -0.25) is 0 Å². The van der Waals surface area contributed by atoms with Crippen LogP contribution in [-0.2, 0) is 4.74 Å². The molecule has 13 heavy (non-hydrogen) atoms. The monoisotopic (exact) mass is 180 g/mol. The van der Waals surface area contributed by atoms with Crippen molar-refractivity contribution in [3.8, 4) is 5.75 Å². The van der Waals surface area contributed by atoms with E-state index in [-0.39, 0.29) is 6.10 Å². The van der Waals surface area contributed by atoms with Crippen LogP contribution in [0.4, 0.5) is 0 Å². The first kappa shape index (κ1) is 10.1. The van der Waals surface area contributed by atoms with Crippen molar-refractivity contribution in [2.24, 2.45) is 0 Å². The Balaban J connectivity index is 2.45. The first-order valence-electron chi connectivity index (χ1n) is 4.44. The lowest BCUT2D eigenvalue weighted by molar-refractivity contribution is 0.0716. The van der Waals surface area contributed by atoms with Gasteiger partial charge in [-0.1, -0.05) is 12.1 Å². The Labute approximate surface area is 79.5 Å². The highest BCUT2D eigenvalue weighted by Gasteiger charge is 2.00. The summed E-state index contributed by atoms with van der Waals surface area (Å²) in [6, 6.07) is 8.01. The van der Waals surface area contributed by atoms with Crippen LogP contribution in [0, 0.1) is 6.92 Å². The molecule has 2 nitrogen and oxygen atoms in total. The molecular weight excluding hydrogens is 164 g/mol. The van der Waals surface area contributed by atoms with E-state index in [0.717, 1.165) is 5.75 Å². The van der Waals surface area contributed by atoms with Crippen LogP contribution in [0.15, 0.2) is 24.3 Å². The second-order valence-electron chi connectivity index (χ2n) is 3.17. The molecule has 1 aromatic carbocycles. The summed E-state index contributed by atoms with van der Waals surface area (Å²) >= 11 is 0. The largest absolute Gasteiger partial charge is 0.491 e. The highest BCUT2D eigenvalue weighted by molar-refractivity contribution is 5.27. The Bertz CT molecular complexity index is 258. The Hall–Kier alpha value is -1.02. The highest BCUT2D eigenvalue weighted by Crippen LogP contribution is 2.12. The van der Waals surface area contributed by atoms with E-state index in [1.165, 1.54) is 5.56 Å². The molecule has 0 aromatic heterocycles. The Kier molecular flexibility index (Phi) is 3.77. The molecule has 0 fully saturated rings. The second kappa shape index (κ2) is 4.87. The molecule has 1 rings (SSSR count). The zero-order chi connectivity index (χ0) is 9.68. The van der Waals surface area contributed by atoms with Crippen molar-refractivity contribution in [2.45, 2.75) is 20.0 Å². The lowest BCUT2D eigenvalue weighted by Gasteiger charge is -2.11. The molecule has 0 unspecified atom stereocenters. The van der Waals surface area contributed by atoms with E-state index in [9.17, 15) is 0 Å². The van der Waals surface area contributed by atoms with Gasteiger partial charge in [0.1, 0.15) is 12.4 Å². The first-order chi connectivity index (χ1) is 6.22. The fourth-order valence-electron chi connectivity index (χ4n) is 0.987. The number of hydrogen-bond donors (Lipinski definition) is 0. The fraction of sp³-hybridized carbons (Fsp3) is 0.455. The van der Waals surface area contributed by atoms with E-state index < -0.39 is 0 Å². The summed E-state index contributed by atoms with van der Waals surface area (Å²) in [5.41, 5.74) is 1.21. The van der Waals surface area contributed by atoms with Crippen LogP contribution < -0.4 is 4.74 Å². The normalized spacial score (nSPS) is 12.5. The van der Waals surface area contributed by atoms with E-state index in [1.807, 2.05) is 38.1 Å². The van der Waals surface area contributed by atoms with E-state index >= 15 is 0 Å². The van der Waals surface area contributed by atoms with Gasteiger partial charge in [0.2, 0.25) is 0 Å². The first-order valence-corrected chi connectivity index (χ1v) is 4.44. The van der Waals surface area contributed by atoms with Crippen molar-refractivity contribution < 1.29 is 9.47 Å². The van der Waals surface area contributed by atoms with Gasteiger partial charge >= 0.3 is 0 Å². The van der Waals surface area contributed by atoms with Crippen LogP contribution in [0.3, 0.4) is 0 Å². The van der Waals surface area contributed by atoms with Crippen LogP contribution in [0.25, 0.3) is 0 Å². The molecule has 0 aliphatic heterocycles. The summed E-state index contributed by atoms with van der Waals surface area (Å²) in [7, 11) is 1.68.